The van der Waals surface area contributed by atoms with Gasteiger partial charge < -0.3 is 4.74 Å². The summed E-state index contributed by atoms with van der Waals surface area (Å²) in [6, 6.07) is 10.9. The zero-order valence-electron chi connectivity index (χ0n) is 8.61. The summed E-state index contributed by atoms with van der Waals surface area (Å²) in [4.78, 5) is 4.09. The Bertz CT molecular complexity index is 479. The minimum atomic E-state index is -4.66. The fourth-order valence-corrected chi connectivity index (χ4v) is 1.36. The van der Waals surface area contributed by atoms with Gasteiger partial charge in [0.1, 0.15) is 5.75 Å². The lowest BCUT2D eigenvalue weighted by molar-refractivity contribution is -0.274. The average Bonchev–Trinajstić information content (AvgIpc) is 2.29. The maximum absolute atomic E-state index is 11.9. The number of ether oxygens (including phenoxy) is 1. The molecule has 0 atom stereocenters. The zero-order valence-corrected chi connectivity index (χ0v) is 8.61. The smallest absolute Gasteiger partial charge is 0.406 e. The predicted molar refractivity (Wildman–Crippen MR) is 56.4 cm³/mol. The molecule has 17 heavy (non-hydrogen) atoms. The van der Waals surface area contributed by atoms with Crippen LogP contribution in [0.15, 0.2) is 48.7 Å². The molecule has 0 unspecified atom stereocenters. The Hall–Kier alpha value is -2.04. The van der Waals surface area contributed by atoms with Crippen LogP contribution in [0.1, 0.15) is 0 Å². The van der Waals surface area contributed by atoms with E-state index in [4.69, 9.17) is 0 Å². The van der Waals surface area contributed by atoms with Gasteiger partial charge in [0.15, 0.2) is 0 Å². The molecule has 2 aromatic rings. The molecule has 1 aromatic heterocycles. The van der Waals surface area contributed by atoms with Gasteiger partial charge in [-0.3, -0.25) is 4.98 Å². The van der Waals surface area contributed by atoms with Crippen LogP contribution < -0.4 is 4.74 Å². The summed E-state index contributed by atoms with van der Waals surface area (Å²) in [6.45, 7) is 0. The zero-order chi connectivity index (χ0) is 12.3. The van der Waals surface area contributed by atoms with Gasteiger partial charge in [-0.25, -0.2) is 0 Å². The van der Waals surface area contributed by atoms with Crippen LogP contribution in [0.4, 0.5) is 13.2 Å². The largest absolute Gasteiger partial charge is 0.573 e. The van der Waals surface area contributed by atoms with E-state index in [1.54, 1.807) is 18.3 Å². The van der Waals surface area contributed by atoms with Gasteiger partial charge in [-0.1, -0.05) is 6.07 Å². The van der Waals surface area contributed by atoms with Crippen LogP contribution in [0, 0.1) is 0 Å². The van der Waals surface area contributed by atoms with Gasteiger partial charge in [-0.2, -0.15) is 0 Å². The maximum Gasteiger partial charge on any atom is 0.573 e. The molecule has 88 valence electrons. The van der Waals surface area contributed by atoms with Crippen molar-refractivity contribution in [2.24, 2.45) is 0 Å². The minimum absolute atomic E-state index is 0.239. The van der Waals surface area contributed by atoms with Crippen molar-refractivity contribution in [1.29, 1.82) is 0 Å². The molecule has 0 spiro atoms. The third kappa shape index (κ3) is 3.21. The molecule has 0 saturated heterocycles. The highest BCUT2D eigenvalue weighted by atomic mass is 19.4. The Labute approximate surface area is 95.7 Å². The van der Waals surface area contributed by atoms with Gasteiger partial charge in [-0.15, -0.1) is 13.2 Å². The predicted octanol–water partition coefficient (Wildman–Crippen LogP) is 3.65. The molecule has 0 amide bonds. The number of rotatable bonds is 2. The van der Waals surface area contributed by atoms with E-state index < -0.39 is 6.36 Å². The van der Waals surface area contributed by atoms with Crippen LogP contribution in [0.3, 0.4) is 0 Å². The summed E-state index contributed by atoms with van der Waals surface area (Å²) in [6.07, 6.45) is -3.04. The summed E-state index contributed by atoms with van der Waals surface area (Å²) < 4.78 is 39.6. The van der Waals surface area contributed by atoms with Crippen LogP contribution in [-0.4, -0.2) is 11.3 Å². The van der Waals surface area contributed by atoms with Crippen LogP contribution >= 0.6 is 0 Å². The molecular formula is C12H8F3NO. The van der Waals surface area contributed by atoms with E-state index in [1.165, 1.54) is 24.3 Å². The second-order valence-corrected chi connectivity index (χ2v) is 3.29. The van der Waals surface area contributed by atoms with E-state index in [1.807, 2.05) is 6.07 Å². The Morgan fingerprint density at radius 1 is 0.941 bits per heavy atom. The first-order valence-electron chi connectivity index (χ1n) is 4.82. The molecule has 0 bridgehead atoms. The van der Waals surface area contributed by atoms with E-state index in [0.29, 0.717) is 5.69 Å². The topological polar surface area (TPSA) is 22.1 Å². The van der Waals surface area contributed by atoms with Crippen molar-refractivity contribution >= 4 is 0 Å². The summed E-state index contributed by atoms with van der Waals surface area (Å²) >= 11 is 0. The van der Waals surface area contributed by atoms with E-state index in [0.717, 1.165) is 5.56 Å². The second kappa shape index (κ2) is 4.45. The number of alkyl halides is 3. The number of pyridine rings is 1. The fourth-order valence-electron chi connectivity index (χ4n) is 1.36. The van der Waals surface area contributed by atoms with Gasteiger partial charge in [-0.05, 0) is 36.4 Å². The maximum atomic E-state index is 11.9. The number of nitrogens with zero attached hydrogens (tertiary/aromatic N) is 1. The van der Waals surface area contributed by atoms with Gasteiger partial charge in [0.25, 0.3) is 0 Å². The molecule has 2 rings (SSSR count). The van der Waals surface area contributed by atoms with Crippen LogP contribution in [0.25, 0.3) is 11.3 Å². The molecule has 0 N–H and O–H groups in total. The molecule has 0 fully saturated rings. The van der Waals surface area contributed by atoms with E-state index in [9.17, 15) is 13.2 Å². The molecule has 5 heteroatoms. The minimum Gasteiger partial charge on any atom is -0.406 e. The Kier molecular flexibility index (Phi) is 2.99. The Morgan fingerprint density at radius 3 is 2.18 bits per heavy atom. The van der Waals surface area contributed by atoms with Crippen molar-refractivity contribution in [2.45, 2.75) is 6.36 Å². The summed E-state index contributed by atoms with van der Waals surface area (Å²) in [7, 11) is 0. The standard InChI is InChI=1S/C12H8F3NO/c13-12(14,15)17-10-6-4-9(5-7-10)11-3-1-2-8-16-11/h1-8H. The average molecular weight is 239 g/mol. The lowest BCUT2D eigenvalue weighted by Crippen LogP contribution is -2.16. The number of hydrogen-bond donors (Lipinski definition) is 0. The number of aromatic nitrogens is 1. The number of hydrogen-bond acceptors (Lipinski definition) is 2. The molecule has 0 saturated carbocycles. The van der Waals surface area contributed by atoms with Gasteiger partial charge in [0.05, 0.1) is 5.69 Å². The van der Waals surface area contributed by atoms with E-state index >= 15 is 0 Å². The first-order valence-corrected chi connectivity index (χ1v) is 4.82. The Morgan fingerprint density at radius 2 is 1.65 bits per heavy atom. The summed E-state index contributed by atoms with van der Waals surface area (Å²) in [5.74, 6) is -0.239. The van der Waals surface area contributed by atoms with Crippen molar-refractivity contribution < 1.29 is 17.9 Å². The van der Waals surface area contributed by atoms with E-state index in [2.05, 4.69) is 9.72 Å². The first kappa shape index (κ1) is 11.4. The lowest BCUT2D eigenvalue weighted by Gasteiger charge is -2.09. The van der Waals surface area contributed by atoms with Crippen LogP contribution in [-0.2, 0) is 0 Å². The van der Waals surface area contributed by atoms with Gasteiger partial charge >= 0.3 is 6.36 Å². The third-order valence-corrected chi connectivity index (χ3v) is 2.05. The second-order valence-electron chi connectivity index (χ2n) is 3.29. The monoisotopic (exact) mass is 239 g/mol. The van der Waals surface area contributed by atoms with Crippen LogP contribution in [0.5, 0.6) is 5.75 Å². The molecular weight excluding hydrogens is 231 g/mol. The Balaban J connectivity index is 2.19. The lowest BCUT2D eigenvalue weighted by atomic mass is 10.1. The molecule has 0 radical (unpaired) electrons. The normalized spacial score (nSPS) is 11.2. The van der Waals surface area contributed by atoms with Crippen molar-refractivity contribution in [3.05, 3.63) is 48.7 Å². The number of benzene rings is 1. The highest BCUT2D eigenvalue weighted by Crippen LogP contribution is 2.25. The highest BCUT2D eigenvalue weighted by Gasteiger charge is 2.30. The molecule has 0 aliphatic rings. The summed E-state index contributed by atoms with van der Waals surface area (Å²) in [5, 5.41) is 0. The van der Waals surface area contributed by atoms with Crippen molar-refractivity contribution in [1.82, 2.24) is 4.98 Å². The van der Waals surface area contributed by atoms with Crippen LogP contribution in [0.2, 0.25) is 0 Å². The molecule has 0 aliphatic heterocycles. The molecule has 0 aliphatic carbocycles. The van der Waals surface area contributed by atoms with E-state index in [-0.39, 0.29) is 5.75 Å². The van der Waals surface area contributed by atoms with Crippen molar-refractivity contribution in [2.75, 3.05) is 0 Å². The fraction of sp³-hybridized carbons (Fsp3) is 0.0833. The quantitative estimate of drug-likeness (QED) is 0.798. The highest BCUT2D eigenvalue weighted by molar-refractivity contribution is 5.59. The molecule has 2 nitrogen and oxygen atoms in total. The van der Waals surface area contributed by atoms with Gasteiger partial charge in [0.2, 0.25) is 0 Å². The van der Waals surface area contributed by atoms with Gasteiger partial charge in [0, 0.05) is 11.8 Å². The molecule has 1 aromatic carbocycles. The third-order valence-electron chi connectivity index (χ3n) is 2.05. The number of halogens is 3. The molecule has 1 heterocycles. The first-order chi connectivity index (χ1) is 8.04. The summed E-state index contributed by atoms with van der Waals surface area (Å²) in [5.41, 5.74) is 1.44. The van der Waals surface area contributed by atoms with Crippen molar-refractivity contribution in [3.8, 4) is 17.0 Å². The SMILES string of the molecule is FC(F)(F)Oc1ccc(-c2ccccn2)cc1. The van der Waals surface area contributed by atoms with Crippen molar-refractivity contribution in [3.63, 3.8) is 0 Å².